The van der Waals surface area contributed by atoms with E-state index in [-0.39, 0.29) is 23.1 Å². The number of hydrogen-bond acceptors (Lipinski definition) is 5. The molecule has 0 aromatic heterocycles. The molecule has 2 aromatic rings. The predicted molar refractivity (Wildman–Crippen MR) is 122 cm³/mol. The van der Waals surface area contributed by atoms with E-state index in [1.54, 1.807) is 32.0 Å². The fourth-order valence-corrected chi connectivity index (χ4v) is 6.14. The van der Waals surface area contributed by atoms with Crippen molar-refractivity contribution in [3.8, 4) is 5.75 Å². The summed E-state index contributed by atoms with van der Waals surface area (Å²) < 4.78 is 33.9. The number of carbonyl (C=O) groups excluding carboxylic acids is 2. The number of rotatable bonds is 4. The summed E-state index contributed by atoms with van der Waals surface area (Å²) in [5, 5.41) is 5.87. The van der Waals surface area contributed by atoms with E-state index >= 15 is 0 Å². The minimum absolute atomic E-state index is 0.0488. The molecule has 0 saturated carbocycles. The maximum absolute atomic E-state index is 13.5. The highest BCUT2D eigenvalue weighted by atomic mass is 35.5. The highest BCUT2D eigenvalue weighted by Crippen LogP contribution is 2.37. The van der Waals surface area contributed by atoms with Gasteiger partial charge in [0.05, 0.1) is 21.3 Å². The van der Waals surface area contributed by atoms with Gasteiger partial charge in [-0.15, -0.1) is 0 Å². The van der Waals surface area contributed by atoms with E-state index < -0.39 is 28.1 Å². The number of fused-ring (bicyclic) bond motifs is 1. The average Bonchev–Trinajstić information content (AvgIpc) is 3.22. The van der Waals surface area contributed by atoms with Crippen LogP contribution in [0.4, 0.5) is 11.4 Å². The molecule has 8 nitrogen and oxygen atoms in total. The molecule has 0 bridgehead atoms. The molecule has 1 fully saturated rings. The zero-order valence-electron chi connectivity index (χ0n) is 17.9. The lowest BCUT2D eigenvalue weighted by Crippen LogP contribution is -2.43. The topological polar surface area (TPSA) is 105 Å². The second-order valence-electron chi connectivity index (χ2n) is 8.11. The molecule has 4 rings (SSSR count). The third-order valence-electron chi connectivity index (χ3n) is 5.68. The van der Waals surface area contributed by atoms with E-state index in [1.807, 2.05) is 13.0 Å². The molecule has 2 heterocycles. The molecule has 2 N–H and O–H groups in total. The van der Waals surface area contributed by atoms with E-state index in [9.17, 15) is 18.0 Å². The maximum atomic E-state index is 13.5. The van der Waals surface area contributed by atoms with Crippen LogP contribution in [0.1, 0.15) is 30.9 Å². The van der Waals surface area contributed by atoms with Crippen LogP contribution in [0.15, 0.2) is 35.2 Å². The standard InChI is InChI=1S/C22H24ClN3O5S/c1-12-6-7-16(15(23)9-12)24-22(28)18-5-4-8-26(18)32(29,30)20-11-19-17(10-13(20)2)25-21(27)14(3)31-19/h6-7,9-11,14,18H,4-5,8H2,1-3H3,(H,24,28)(H,25,27)/t14-,18+/m1/s1. The minimum atomic E-state index is -3.99. The van der Waals surface area contributed by atoms with Crippen molar-refractivity contribution in [2.75, 3.05) is 17.2 Å². The fourth-order valence-electron chi connectivity index (χ4n) is 3.97. The van der Waals surface area contributed by atoms with Crippen LogP contribution < -0.4 is 15.4 Å². The van der Waals surface area contributed by atoms with Crippen molar-refractivity contribution in [2.24, 2.45) is 0 Å². The van der Waals surface area contributed by atoms with Crippen LogP contribution in [0.25, 0.3) is 0 Å². The van der Waals surface area contributed by atoms with Gasteiger partial charge in [-0.3, -0.25) is 9.59 Å². The van der Waals surface area contributed by atoms with Gasteiger partial charge in [0.2, 0.25) is 15.9 Å². The number of halogens is 1. The summed E-state index contributed by atoms with van der Waals surface area (Å²) in [6.07, 6.45) is 0.236. The second kappa shape index (κ2) is 8.38. The van der Waals surface area contributed by atoms with Crippen LogP contribution in [0.5, 0.6) is 5.75 Å². The Kier molecular flexibility index (Phi) is 5.91. The molecular formula is C22H24ClN3O5S. The molecule has 1 saturated heterocycles. The maximum Gasteiger partial charge on any atom is 0.265 e. The summed E-state index contributed by atoms with van der Waals surface area (Å²) in [5.41, 5.74) is 2.27. The number of ether oxygens (including phenoxy) is 1. The minimum Gasteiger partial charge on any atom is -0.479 e. The SMILES string of the molecule is Cc1ccc(NC(=O)[C@@H]2CCCN2S(=O)(=O)c2cc3c(cc2C)NC(=O)[C@@H](C)O3)c(Cl)c1. The third kappa shape index (κ3) is 4.07. The number of sulfonamides is 1. The number of hydrogen-bond donors (Lipinski definition) is 2. The van der Waals surface area contributed by atoms with Gasteiger partial charge < -0.3 is 15.4 Å². The van der Waals surface area contributed by atoms with Gasteiger partial charge in [0, 0.05) is 12.6 Å². The van der Waals surface area contributed by atoms with Gasteiger partial charge in [0.25, 0.3) is 5.91 Å². The molecule has 170 valence electrons. The van der Waals surface area contributed by atoms with Gasteiger partial charge in [-0.2, -0.15) is 4.31 Å². The molecule has 0 spiro atoms. The van der Waals surface area contributed by atoms with Crippen LogP contribution in [-0.4, -0.2) is 43.2 Å². The first kappa shape index (κ1) is 22.6. The van der Waals surface area contributed by atoms with Crippen LogP contribution in [-0.2, 0) is 19.6 Å². The van der Waals surface area contributed by atoms with E-state index in [0.29, 0.717) is 34.8 Å². The van der Waals surface area contributed by atoms with Crippen molar-refractivity contribution >= 4 is 44.8 Å². The molecule has 2 atom stereocenters. The summed E-state index contributed by atoms with van der Waals surface area (Å²) in [7, 11) is -3.99. The van der Waals surface area contributed by atoms with Crippen LogP contribution >= 0.6 is 11.6 Å². The summed E-state index contributed by atoms with van der Waals surface area (Å²) in [6.45, 7) is 5.35. The Morgan fingerprint density at radius 3 is 2.72 bits per heavy atom. The normalized spacial score (nSPS) is 20.9. The third-order valence-corrected chi connectivity index (χ3v) is 8.05. The number of anilines is 2. The zero-order valence-corrected chi connectivity index (χ0v) is 19.5. The monoisotopic (exact) mass is 477 g/mol. The van der Waals surface area contributed by atoms with Gasteiger partial charge >= 0.3 is 0 Å². The van der Waals surface area contributed by atoms with Crippen molar-refractivity contribution in [3.63, 3.8) is 0 Å². The highest BCUT2D eigenvalue weighted by molar-refractivity contribution is 7.89. The number of benzene rings is 2. The Bertz CT molecular complexity index is 1210. The smallest absolute Gasteiger partial charge is 0.265 e. The lowest BCUT2D eigenvalue weighted by molar-refractivity contribution is -0.122. The molecular weight excluding hydrogens is 454 g/mol. The van der Waals surface area contributed by atoms with Gasteiger partial charge in [-0.1, -0.05) is 17.7 Å². The van der Waals surface area contributed by atoms with Gasteiger partial charge in [-0.05, 0) is 62.9 Å². The van der Waals surface area contributed by atoms with E-state index in [2.05, 4.69) is 10.6 Å². The number of aryl methyl sites for hydroxylation is 2. The largest absolute Gasteiger partial charge is 0.479 e. The number of carbonyl (C=O) groups is 2. The van der Waals surface area contributed by atoms with Crippen molar-refractivity contribution in [2.45, 2.75) is 50.7 Å². The van der Waals surface area contributed by atoms with Crippen LogP contribution in [0.2, 0.25) is 5.02 Å². The highest BCUT2D eigenvalue weighted by Gasteiger charge is 2.41. The summed E-state index contributed by atoms with van der Waals surface area (Å²) in [5.74, 6) is -0.434. The Hall–Kier alpha value is -2.62. The summed E-state index contributed by atoms with van der Waals surface area (Å²) in [4.78, 5) is 24.9. The zero-order chi connectivity index (χ0) is 23.2. The van der Waals surface area contributed by atoms with Crippen molar-refractivity contribution in [1.29, 1.82) is 0 Å². The molecule has 2 aliphatic heterocycles. The molecule has 2 aliphatic rings. The average molecular weight is 478 g/mol. The molecule has 0 unspecified atom stereocenters. The summed E-state index contributed by atoms with van der Waals surface area (Å²) >= 11 is 6.22. The van der Waals surface area contributed by atoms with Gasteiger partial charge in [-0.25, -0.2) is 8.42 Å². The number of nitrogens with one attached hydrogen (secondary N) is 2. The lowest BCUT2D eigenvalue weighted by Gasteiger charge is -2.27. The van der Waals surface area contributed by atoms with Crippen LogP contribution in [0, 0.1) is 13.8 Å². The molecule has 10 heteroatoms. The molecule has 0 aliphatic carbocycles. The Morgan fingerprint density at radius 1 is 1.25 bits per heavy atom. The van der Waals surface area contributed by atoms with Gasteiger partial charge in [0.1, 0.15) is 11.8 Å². The Balaban J connectivity index is 1.63. The first-order valence-corrected chi connectivity index (χ1v) is 12.1. The summed E-state index contributed by atoms with van der Waals surface area (Å²) in [6, 6.07) is 7.39. The lowest BCUT2D eigenvalue weighted by atomic mass is 10.1. The molecule has 32 heavy (non-hydrogen) atoms. The number of amides is 2. The van der Waals surface area contributed by atoms with E-state index in [1.165, 1.54) is 10.4 Å². The first-order chi connectivity index (χ1) is 15.1. The quantitative estimate of drug-likeness (QED) is 0.701. The van der Waals surface area contributed by atoms with Crippen molar-refractivity contribution < 1.29 is 22.7 Å². The van der Waals surface area contributed by atoms with Crippen molar-refractivity contribution in [1.82, 2.24) is 4.31 Å². The molecule has 2 amide bonds. The van der Waals surface area contributed by atoms with Gasteiger partial charge in [0.15, 0.2) is 6.10 Å². The Labute approximate surface area is 191 Å². The second-order valence-corrected chi connectivity index (χ2v) is 10.4. The molecule has 0 radical (unpaired) electrons. The Morgan fingerprint density at radius 2 is 2.00 bits per heavy atom. The molecule has 2 aromatic carbocycles. The fraction of sp³-hybridized carbons (Fsp3) is 0.364. The number of nitrogens with zero attached hydrogens (tertiary/aromatic N) is 1. The van der Waals surface area contributed by atoms with Crippen LogP contribution in [0.3, 0.4) is 0 Å². The van der Waals surface area contributed by atoms with Crippen molar-refractivity contribution in [3.05, 3.63) is 46.5 Å². The van der Waals surface area contributed by atoms with E-state index in [4.69, 9.17) is 16.3 Å². The van der Waals surface area contributed by atoms with E-state index in [0.717, 1.165) is 5.56 Å². The predicted octanol–water partition coefficient (Wildman–Crippen LogP) is 3.47. The first-order valence-electron chi connectivity index (χ1n) is 10.3.